The van der Waals surface area contributed by atoms with Gasteiger partial charge in [0.05, 0.1) is 24.1 Å². The van der Waals surface area contributed by atoms with Gasteiger partial charge in [0.25, 0.3) is 0 Å². The molecular formula is C13H11NO5. The number of hydrogen-bond acceptors (Lipinski definition) is 4. The third-order valence-electron chi connectivity index (χ3n) is 3.26. The molecule has 1 aliphatic heterocycles. The first-order valence-corrected chi connectivity index (χ1v) is 5.72. The van der Waals surface area contributed by atoms with Crippen LogP contribution in [0.3, 0.4) is 0 Å². The number of aliphatic carboxylic acids is 1. The lowest BCUT2D eigenvalue weighted by atomic mass is 9.78. The second-order valence-corrected chi connectivity index (χ2v) is 4.55. The van der Waals surface area contributed by atoms with Gasteiger partial charge in [-0.15, -0.1) is 0 Å². The summed E-state index contributed by atoms with van der Waals surface area (Å²) in [5.41, 5.74) is 1.48. The number of carboxylic acid groups (broad SMARTS) is 1. The molecule has 19 heavy (non-hydrogen) atoms. The topological polar surface area (TPSA) is 92.5 Å². The van der Waals surface area contributed by atoms with Crippen molar-refractivity contribution in [3.8, 4) is 0 Å². The Hall–Kier alpha value is -2.34. The number of benzene rings is 1. The van der Waals surface area contributed by atoms with Crippen LogP contribution in [-0.4, -0.2) is 29.3 Å². The van der Waals surface area contributed by atoms with Crippen molar-refractivity contribution in [3.05, 3.63) is 46.5 Å². The van der Waals surface area contributed by atoms with E-state index in [9.17, 15) is 9.59 Å². The molecule has 0 atom stereocenters. The molecule has 0 saturated carbocycles. The van der Waals surface area contributed by atoms with Crippen LogP contribution in [-0.2, 0) is 14.9 Å². The summed E-state index contributed by atoms with van der Waals surface area (Å²) in [6.07, 6.45) is 2.73. The Labute approximate surface area is 107 Å². The van der Waals surface area contributed by atoms with Crippen molar-refractivity contribution in [2.45, 2.75) is 5.41 Å². The first-order valence-electron chi connectivity index (χ1n) is 5.72. The van der Waals surface area contributed by atoms with Crippen molar-refractivity contribution in [2.24, 2.45) is 0 Å². The fourth-order valence-electron chi connectivity index (χ4n) is 2.17. The Morgan fingerprint density at radius 2 is 2.21 bits per heavy atom. The van der Waals surface area contributed by atoms with E-state index >= 15 is 0 Å². The number of oxazole rings is 1. The summed E-state index contributed by atoms with van der Waals surface area (Å²) >= 11 is 0. The van der Waals surface area contributed by atoms with Crippen LogP contribution in [0.2, 0.25) is 0 Å². The molecule has 2 aromatic rings. The smallest absolute Gasteiger partial charge is 0.417 e. The van der Waals surface area contributed by atoms with Gasteiger partial charge in [0, 0.05) is 6.08 Å². The summed E-state index contributed by atoms with van der Waals surface area (Å²) < 4.78 is 10.2. The Morgan fingerprint density at radius 1 is 1.42 bits per heavy atom. The number of rotatable bonds is 3. The Balaban J connectivity index is 2.05. The van der Waals surface area contributed by atoms with Gasteiger partial charge in [0.1, 0.15) is 0 Å². The molecule has 0 amide bonds. The van der Waals surface area contributed by atoms with E-state index in [1.54, 1.807) is 18.2 Å². The molecule has 1 aromatic carbocycles. The SMILES string of the molecule is O=C(O)/C=C/C1(c2ccc3[nH]c(=O)oc3c2)COC1. The molecule has 0 unspecified atom stereocenters. The van der Waals surface area contributed by atoms with Crippen LogP contribution < -0.4 is 5.76 Å². The van der Waals surface area contributed by atoms with E-state index in [0.717, 1.165) is 11.6 Å². The zero-order valence-corrected chi connectivity index (χ0v) is 9.88. The van der Waals surface area contributed by atoms with E-state index in [4.69, 9.17) is 14.3 Å². The van der Waals surface area contributed by atoms with E-state index in [-0.39, 0.29) is 0 Å². The van der Waals surface area contributed by atoms with E-state index in [1.165, 1.54) is 0 Å². The number of aromatic nitrogens is 1. The lowest BCUT2D eigenvalue weighted by Gasteiger charge is -2.39. The molecule has 0 aliphatic carbocycles. The molecule has 6 heteroatoms. The number of hydrogen-bond donors (Lipinski definition) is 2. The van der Waals surface area contributed by atoms with Crippen molar-refractivity contribution in [3.63, 3.8) is 0 Å². The number of nitrogens with one attached hydrogen (secondary N) is 1. The molecule has 1 saturated heterocycles. The summed E-state index contributed by atoms with van der Waals surface area (Å²) in [6, 6.07) is 5.31. The van der Waals surface area contributed by atoms with Gasteiger partial charge >= 0.3 is 11.7 Å². The molecule has 1 aromatic heterocycles. The Kier molecular flexibility index (Phi) is 2.53. The molecular weight excluding hydrogens is 250 g/mol. The third kappa shape index (κ3) is 1.96. The highest BCUT2D eigenvalue weighted by Gasteiger charge is 2.38. The normalized spacial score (nSPS) is 17.7. The van der Waals surface area contributed by atoms with Gasteiger partial charge in [-0.1, -0.05) is 12.1 Å². The van der Waals surface area contributed by atoms with Crippen LogP contribution in [0.5, 0.6) is 0 Å². The molecule has 1 fully saturated rings. The summed E-state index contributed by atoms with van der Waals surface area (Å²) in [5, 5.41) is 8.73. The van der Waals surface area contributed by atoms with Gasteiger partial charge in [-0.2, -0.15) is 0 Å². The maximum Gasteiger partial charge on any atom is 0.417 e. The minimum Gasteiger partial charge on any atom is -0.478 e. The van der Waals surface area contributed by atoms with Gasteiger partial charge in [-0.25, -0.2) is 9.59 Å². The zero-order valence-electron chi connectivity index (χ0n) is 9.88. The molecule has 2 heterocycles. The molecule has 0 bridgehead atoms. The van der Waals surface area contributed by atoms with Crippen molar-refractivity contribution < 1.29 is 19.1 Å². The first-order chi connectivity index (χ1) is 9.09. The average Bonchev–Trinajstić information content (AvgIpc) is 2.66. The Bertz CT molecular complexity index is 720. The van der Waals surface area contributed by atoms with E-state index in [0.29, 0.717) is 24.3 Å². The van der Waals surface area contributed by atoms with Crippen molar-refractivity contribution in [2.75, 3.05) is 13.2 Å². The second-order valence-electron chi connectivity index (χ2n) is 4.55. The summed E-state index contributed by atoms with van der Waals surface area (Å²) in [4.78, 5) is 24.3. The minimum absolute atomic E-state index is 0.414. The molecule has 0 radical (unpaired) electrons. The quantitative estimate of drug-likeness (QED) is 0.805. The van der Waals surface area contributed by atoms with E-state index in [1.807, 2.05) is 6.07 Å². The number of carboxylic acids is 1. The van der Waals surface area contributed by atoms with Crippen LogP contribution in [0.15, 0.2) is 39.6 Å². The number of H-pyrrole nitrogens is 1. The maximum absolute atomic E-state index is 11.1. The highest BCUT2D eigenvalue weighted by molar-refractivity contribution is 5.80. The van der Waals surface area contributed by atoms with Crippen molar-refractivity contribution in [1.82, 2.24) is 4.98 Å². The van der Waals surface area contributed by atoms with Crippen molar-refractivity contribution in [1.29, 1.82) is 0 Å². The van der Waals surface area contributed by atoms with E-state index < -0.39 is 17.1 Å². The lowest BCUT2D eigenvalue weighted by Crippen LogP contribution is -2.45. The highest BCUT2D eigenvalue weighted by Crippen LogP contribution is 2.35. The molecule has 2 N–H and O–H groups in total. The van der Waals surface area contributed by atoms with E-state index in [2.05, 4.69) is 4.98 Å². The zero-order chi connectivity index (χ0) is 13.5. The van der Waals surface area contributed by atoms with Gasteiger partial charge < -0.3 is 14.3 Å². The van der Waals surface area contributed by atoms with Crippen LogP contribution >= 0.6 is 0 Å². The van der Waals surface area contributed by atoms with Gasteiger partial charge in [0.15, 0.2) is 5.58 Å². The molecule has 3 rings (SSSR count). The predicted octanol–water partition coefficient (Wildman–Crippen LogP) is 1.03. The van der Waals surface area contributed by atoms with Gasteiger partial charge in [-0.3, -0.25) is 4.98 Å². The van der Waals surface area contributed by atoms with Crippen LogP contribution in [0.25, 0.3) is 11.1 Å². The van der Waals surface area contributed by atoms with Crippen molar-refractivity contribution >= 4 is 17.1 Å². The number of fused-ring (bicyclic) bond motifs is 1. The maximum atomic E-state index is 11.1. The summed E-state index contributed by atoms with van der Waals surface area (Å²) in [6.45, 7) is 0.827. The molecule has 6 nitrogen and oxygen atoms in total. The lowest BCUT2D eigenvalue weighted by molar-refractivity contribution is -0.131. The summed E-state index contributed by atoms with van der Waals surface area (Å²) in [5.74, 6) is -1.51. The standard InChI is InChI=1S/C13H11NO5/c15-11(16)3-4-13(6-18-7-13)8-1-2-9-10(5-8)19-12(17)14-9/h1-5H,6-7H2,(H,14,17)(H,15,16)/b4-3+. The molecule has 1 aliphatic rings. The van der Waals surface area contributed by atoms with Crippen LogP contribution in [0.1, 0.15) is 5.56 Å². The minimum atomic E-state index is -1.000. The number of carbonyl (C=O) groups is 1. The highest BCUT2D eigenvalue weighted by atomic mass is 16.5. The molecule has 98 valence electrons. The monoisotopic (exact) mass is 261 g/mol. The fraction of sp³-hybridized carbons (Fsp3) is 0.231. The van der Waals surface area contributed by atoms with Crippen LogP contribution in [0, 0.1) is 0 Å². The first kappa shape index (κ1) is 11.7. The number of ether oxygens (including phenoxy) is 1. The fourth-order valence-corrected chi connectivity index (χ4v) is 2.17. The molecule has 0 spiro atoms. The second kappa shape index (κ2) is 4.10. The predicted molar refractivity (Wildman–Crippen MR) is 66.1 cm³/mol. The third-order valence-corrected chi connectivity index (χ3v) is 3.26. The average molecular weight is 261 g/mol. The Morgan fingerprint density at radius 3 is 2.84 bits per heavy atom. The summed E-state index contributed by atoms with van der Waals surface area (Å²) in [7, 11) is 0. The number of aromatic amines is 1. The largest absolute Gasteiger partial charge is 0.478 e. The van der Waals surface area contributed by atoms with Gasteiger partial charge in [0.2, 0.25) is 0 Å². The van der Waals surface area contributed by atoms with Crippen LogP contribution in [0.4, 0.5) is 0 Å². The van der Waals surface area contributed by atoms with Gasteiger partial charge in [-0.05, 0) is 17.7 Å².